The monoisotopic (exact) mass is 747 g/mol. The summed E-state index contributed by atoms with van der Waals surface area (Å²) in [6.45, 7) is 9.37. The first-order valence-electron chi connectivity index (χ1n) is 15.2. The van der Waals surface area contributed by atoms with Gasteiger partial charge in [-0.3, -0.25) is 0 Å². The number of benzene rings is 5. The number of nitrogens with zero attached hydrogens (tertiary/aromatic N) is 1. The van der Waals surface area contributed by atoms with Gasteiger partial charge in [-0.1, -0.05) is 113 Å². The maximum Gasteiger partial charge on any atom is 0.0201 e. The van der Waals surface area contributed by atoms with E-state index in [1.807, 2.05) is 6.07 Å². The fourth-order valence-electron chi connectivity index (χ4n) is 7.06. The predicted molar refractivity (Wildman–Crippen MR) is 181 cm³/mol. The predicted octanol–water partition coefficient (Wildman–Crippen LogP) is 11.2. The molecule has 0 atom stereocenters. The van der Waals surface area contributed by atoms with Crippen molar-refractivity contribution in [3.63, 3.8) is 0 Å². The topological polar surface area (TPSA) is 12.9 Å². The van der Waals surface area contributed by atoms with Gasteiger partial charge >= 0.3 is 0 Å². The van der Waals surface area contributed by atoms with Gasteiger partial charge in [0.05, 0.1) is 0 Å². The molecular formula is C42H36IrN-. The Morgan fingerprint density at radius 1 is 0.500 bits per heavy atom. The maximum absolute atomic E-state index is 4.93. The van der Waals surface area contributed by atoms with E-state index in [2.05, 4.69) is 161 Å². The average molecular weight is 747 g/mol. The fourth-order valence-corrected chi connectivity index (χ4v) is 7.06. The number of pyridine rings is 1. The molecule has 1 nitrogen and oxygen atoms in total. The molecule has 1 radical (unpaired) electrons. The quantitative estimate of drug-likeness (QED) is 0.160. The molecule has 44 heavy (non-hydrogen) atoms. The van der Waals surface area contributed by atoms with E-state index < -0.39 is 0 Å². The van der Waals surface area contributed by atoms with Gasteiger partial charge in [0.1, 0.15) is 0 Å². The molecule has 0 N–H and O–H groups in total. The molecule has 6 aromatic rings. The summed E-state index contributed by atoms with van der Waals surface area (Å²) in [5.41, 5.74) is 14.7. The van der Waals surface area contributed by atoms with Crippen molar-refractivity contribution in [2.24, 2.45) is 0 Å². The zero-order valence-corrected chi connectivity index (χ0v) is 28.1. The Morgan fingerprint density at radius 2 is 0.977 bits per heavy atom. The summed E-state index contributed by atoms with van der Waals surface area (Å²) < 4.78 is 0. The molecule has 0 amide bonds. The molecular weight excluding hydrogens is 711 g/mol. The zero-order chi connectivity index (χ0) is 29.6. The molecule has 1 aliphatic carbocycles. The molecule has 5 aromatic carbocycles. The Bertz CT molecular complexity index is 1880. The molecule has 0 bridgehead atoms. The first-order chi connectivity index (χ1) is 20.8. The Balaban J connectivity index is 0.00000343. The van der Waals surface area contributed by atoms with E-state index in [1.165, 1.54) is 55.6 Å². The van der Waals surface area contributed by atoms with Gasteiger partial charge in [-0.05, 0) is 97.3 Å². The molecule has 0 spiro atoms. The molecule has 0 fully saturated rings. The zero-order valence-electron chi connectivity index (χ0n) is 25.7. The van der Waals surface area contributed by atoms with Crippen LogP contribution in [0.15, 0.2) is 134 Å². The summed E-state index contributed by atoms with van der Waals surface area (Å²) in [5.74, 6) is 0. The number of hydrogen-bond acceptors (Lipinski definition) is 1. The van der Waals surface area contributed by atoms with Gasteiger partial charge in [0.15, 0.2) is 0 Å². The molecule has 219 valence electrons. The van der Waals surface area contributed by atoms with Crippen molar-refractivity contribution >= 4 is 0 Å². The smallest absolute Gasteiger partial charge is 0.0201 e. The van der Waals surface area contributed by atoms with Crippen LogP contribution in [0.2, 0.25) is 0 Å². The second-order valence-corrected chi connectivity index (χ2v) is 13.2. The summed E-state index contributed by atoms with van der Waals surface area (Å²) in [5, 5.41) is 0. The Labute approximate surface area is 275 Å². The van der Waals surface area contributed by atoms with E-state index in [9.17, 15) is 0 Å². The third-order valence-electron chi connectivity index (χ3n) is 9.00. The van der Waals surface area contributed by atoms with Gasteiger partial charge in [-0.25, -0.2) is 0 Å². The van der Waals surface area contributed by atoms with Crippen molar-refractivity contribution in [3.8, 4) is 55.8 Å². The van der Waals surface area contributed by atoms with Crippen molar-refractivity contribution in [1.29, 1.82) is 0 Å². The van der Waals surface area contributed by atoms with E-state index in [-0.39, 0.29) is 30.9 Å². The molecule has 1 aromatic heterocycles. The summed E-state index contributed by atoms with van der Waals surface area (Å²) in [4.78, 5) is 4.93. The normalized spacial score (nSPS) is 14.5. The van der Waals surface area contributed by atoms with Gasteiger partial charge in [0, 0.05) is 26.3 Å². The van der Waals surface area contributed by atoms with E-state index in [0.29, 0.717) is 0 Å². The molecule has 0 saturated carbocycles. The second kappa shape index (κ2) is 11.8. The van der Waals surface area contributed by atoms with Crippen LogP contribution in [-0.2, 0) is 30.9 Å². The third kappa shape index (κ3) is 5.73. The van der Waals surface area contributed by atoms with Crippen LogP contribution in [0.25, 0.3) is 55.8 Å². The molecule has 1 aliphatic rings. The van der Waals surface area contributed by atoms with E-state index in [4.69, 9.17) is 4.98 Å². The van der Waals surface area contributed by atoms with Crippen LogP contribution in [0.1, 0.15) is 45.2 Å². The summed E-state index contributed by atoms with van der Waals surface area (Å²) in [6.07, 6.45) is 3.24. The van der Waals surface area contributed by atoms with E-state index >= 15 is 0 Å². The van der Waals surface area contributed by atoms with Gasteiger partial charge in [-0.2, -0.15) is 0 Å². The minimum absolute atomic E-state index is 0. The fraction of sp³-hybridized carbons (Fsp3) is 0.167. The van der Waals surface area contributed by atoms with Gasteiger partial charge < -0.3 is 4.98 Å². The van der Waals surface area contributed by atoms with Crippen LogP contribution in [0.5, 0.6) is 0 Å². The van der Waals surface area contributed by atoms with Crippen LogP contribution in [-0.4, -0.2) is 4.98 Å². The van der Waals surface area contributed by atoms with Crippen molar-refractivity contribution in [1.82, 2.24) is 4.98 Å². The van der Waals surface area contributed by atoms with Crippen LogP contribution >= 0.6 is 0 Å². The van der Waals surface area contributed by atoms with Crippen molar-refractivity contribution in [2.45, 2.75) is 44.9 Å². The largest absolute Gasteiger partial charge is 0.304 e. The Kier molecular flexibility index (Phi) is 8.01. The second-order valence-electron chi connectivity index (χ2n) is 13.2. The van der Waals surface area contributed by atoms with Crippen molar-refractivity contribution in [3.05, 3.63) is 151 Å². The van der Waals surface area contributed by atoms with Gasteiger partial charge in [0.25, 0.3) is 0 Å². The molecule has 7 rings (SSSR count). The van der Waals surface area contributed by atoms with Crippen LogP contribution in [0.4, 0.5) is 0 Å². The first-order valence-corrected chi connectivity index (χ1v) is 15.2. The van der Waals surface area contributed by atoms with Crippen molar-refractivity contribution in [2.75, 3.05) is 0 Å². The first kappa shape index (κ1) is 29.9. The summed E-state index contributed by atoms with van der Waals surface area (Å²) in [7, 11) is 0. The third-order valence-corrected chi connectivity index (χ3v) is 9.00. The van der Waals surface area contributed by atoms with Crippen LogP contribution < -0.4 is 0 Å². The van der Waals surface area contributed by atoms with E-state index in [1.54, 1.807) is 0 Å². The van der Waals surface area contributed by atoms with Crippen LogP contribution in [0, 0.1) is 6.07 Å². The van der Waals surface area contributed by atoms with Crippen molar-refractivity contribution < 1.29 is 20.1 Å². The molecule has 2 heteroatoms. The number of hydrogen-bond donors (Lipinski definition) is 0. The summed E-state index contributed by atoms with van der Waals surface area (Å²) >= 11 is 0. The molecule has 0 unspecified atom stereocenters. The molecule has 0 aliphatic heterocycles. The van der Waals surface area contributed by atoms with Gasteiger partial charge in [-0.15, -0.1) is 35.4 Å². The van der Waals surface area contributed by atoms with Crippen LogP contribution in [0.3, 0.4) is 0 Å². The number of aromatic nitrogens is 1. The number of rotatable bonds is 5. The minimum atomic E-state index is 0. The molecule has 1 heterocycles. The van der Waals surface area contributed by atoms with E-state index in [0.717, 1.165) is 17.7 Å². The Hall–Kier alpha value is -4.10. The summed E-state index contributed by atoms with van der Waals surface area (Å²) in [6, 6.07) is 49.3. The SMILES string of the molecule is CC1(C)CC(C)(C)c2cc(-c3[c-]ccc(-c4cccc(-c5cc(-c6ccccc6)cc(-c6ccccc6)c5)c4)c3)ncc21.[Ir]. The Morgan fingerprint density at radius 3 is 1.59 bits per heavy atom. The standard InChI is InChI=1S/C42H36N.Ir/c1-41(2)28-42(3,4)39-27-43-40(26-38(39)41)34-20-12-18-32(22-34)31-17-11-19-33(21-31)37-24-35(29-13-7-5-8-14-29)23-36(25-37)30-15-9-6-10-16-30;/h5-19,21-27H,28H2,1-4H3;/q-1;. The maximum atomic E-state index is 4.93. The molecule has 0 saturated heterocycles. The average Bonchev–Trinajstić information content (AvgIpc) is 3.24. The number of fused-ring (bicyclic) bond motifs is 1. The minimum Gasteiger partial charge on any atom is -0.304 e. The van der Waals surface area contributed by atoms with Gasteiger partial charge in [0.2, 0.25) is 0 Å².